The number of rotatable bonds is 2. The summed E-state index contributed by atoms with van der Waals surface area (Å²) in [6.45, 7) is 0.322. The molecule has 0 aliphatic rings. The Hall–Kier alpha value is 1.10. The molecular weight excluding hydrogens is 201 g/mol. The summed E-state index contributed by atoms with van der Waals surface area (Å²) in [5, 5.41) is -1.10. The van der Waals surface area contributed by atoms with E-state index < -0.39 is 16.7 Å². The summed E-state index contributed by atoms with van der Waals surface area (Å²) < 4.78 is 11.1. The zero-order valence-corrected chi connectivity index (χ0v) is 8.31. The molecule has 0 radical (unpaired) electrons. The van der Waals surface area contributed by atoms with Crippen LogP contribution in [0.25, 0.3) is 0 Å². The van der Waals surface area contributed by atoms with Crippen molar-refractivity contribution < 1.29 is 4.57 Å². The molecule has 5 heteroatoms. The molecule has 0 aromatic heterocycles. The van der Waals surface area contributed by atoms with Gasteiger partial charge in [0.05, 0.1) is 10.2 Å². The second kappa shape index (κ2) is 3.48. The third-order valence-corrected chi connectivity index (χ3v) is 7.01. The average molecular weight is 209 g/mol. The van der Waals surface area contributed by atoms with Crippen LogP contribution >= 0.6 is 40.9 Å². The molecule has 2 unspecified atom stereocenters. The maximum atomic E-state index is 11.1. The van der Waals surface area contributed by atoms with Crippen LogP contribution in [-0.4, -0.2) is 10.2 Å². The maximum Gasteiger partial charge on any atom is 0.202 e. The fraction of sp³-hybridized carbons (Fsp3) is 1.00. The lowest BCUT2D eigenvalue weighted by Gasteiger charge is -2.13. The summed E-state index contributed by atoms with van der Waals surface area (Å²) in [6.07, 6.45) is 0. The topological polar surface area (TPSA) is 17.1 Å². The molecule has 0 aliphatic heterocycles. The van der Waals surface area contributed by atoms with E-state index in [0.29, 0.717) is 0 Å². The summed E-state index contributed by atoms with van der Waals surface area (Å²) >= 11 is 16.5. The van der Waals surface area contributed by atoms with Crippen molar-refractivity contribution in [2.24, 2.45) is 0 Å². The van der Waals surface area contributed by atoms with Crippen molar-refractivity contribution in [1.82, 2.24) is 0 Å². The second-order valence-corrected chi connectivity index (χ2v) is 8.07. The molecule has 0 saturated carbocycles. The Bertz CT molecular complexity index is 122. The normalized spacial score (nSPS) is 24.6. The van der Waals surface area contributed by atoms with Crippen LogP contribution in [0.1, 0.15) is 13.8 Å². The molecule has 1 nitrogen and oxygen atoms in total. The first-order chi connectivity index (χ1) is 3.89. The lowest BCUT2D eigenvalue weighted by molar-refractivity contribution is 0.582. The van der Waals surface area contributed by atoms with Crippen LogP contribution in [0.15, 0.2) is 0 Å². The van der Waals surface area contributed by atoms with Crippen LogP contribution in [0.2, 0.25) is 0 Å². The Balaban J connectivity index is 4.21. The monoisotopic (exact) mass is 208 g/mol. The molecule has 0 fully saturated rings. The Morgan fingerprint density at radius 2 is 1.44 bits per heavy atom. The highest BCUT2D eigenvalue weighted by Crippen LogP contribution is 2.62. The lowest BCUT2D eigenvalue weighted by Crippen LogP contribution is -1.97. The van der Waals surface area contributed by atoms with Crippen LogP contribution in [0, 0.1) is 0 Å². The van der Waals surface area contributed by atoms with Gasteiger partial charge in [-0.05, 0) is 13.8 Å². The minimum Gasteiger partial charge on any atom is -0.304 e. The highest BCUT2D eigenvalue weighted by atomic mass is 35.7. The fourth-order valence-electron chi connectivity index (χ4n) is 0.283. The molecule has 0 bridgehead atoms. The summed E-state index contributed by atoms with van der Waals surface area (Å²) in [5.41, 5.74) is 0. The van der Waals surface area contributed by atoms with Gasteiger partial charge in [-0.2, -0.15) is 0 Å². The summed E-state index contributed by atoms with van der Waals surface area (Å²) in [4.78, 5) is 0. The molecule has 2 atom stereocenters. The molecule has 0 heterocycles. The zero-order valence-electron chi connectivity index (χ0n) is 5.14. The minimum atomic E-state index is -2.83. The van der Waals surface area contributed by atoms with Gasteiger partial charge in [0.25, 0.3) is 0 Å². The van der Waals surface area contributed by atoms with E-state index in [2.05, 4.69) is 0 Å². The van der Waals surface area contributed by atoms with Crippen molar-refractivity contribution in [3.05, 3.63) is 0 Å². The summed E-state index contributed by atoms with van der Waals surface area (Å²) in [7, 11) is 0. The lowest BCUT2D eigenvalue weighted by atomic mass is 10.9. The van der Waals surface area contributed by atoms with E-state index in [1.54, 1.807) is 13.8 Å². The average Bonchev–Trinajstić information content (AvgIpc) is 1.65. The van der Waals surface area contributed by atoms with Crippen molar-refractivity contribution in [1.29, 1.82) is 0 Å². The minimum absolute atomic E-state index is 0.549. The van der Waals surface area contributed by atoms with Crippen LogP contribution in [-0.2, 0) is 4.57 Å². The standard InChI is InChI=1S/C4H8Cl3OP/c1-3(5)9(7,8)4(2)6/h3-4H,1-2H3. The van der Waals surface area contributed by atoms with Crippen LogP contribution < -0.4 is 0 Å². The Labute approximate surface area is 69.8 Å². The van der Waals surface area contributed by atoms with Crippen LogP contribution in [0.4, 0.5) is 0 Å². The molecular formula is C4H8Cl3OP. The highest BCUT2D eigenvalue weighted by Gasteiger charge is 2.30. The van der Waals surface area contributed by atoms with Gasteiger partial charge >= 0.3 is 0 Å². The van der Waals surface area contributed by atoms with Gasteiger partial charge in [0.2, 0.25) is 6.49 Å². The highest BCUT2D eigenvalue weighted by molar-refractivity contribution is 7.92. The molecule has 0 saturated heterocycles. The van der Waals surface area contributed by atoms with Crippen molar-refractivity contribution >= 4 is 40.9 Å². The van der Waals surface area contributed by atoms with Crippen LogP contribution in [0.5, 0.6) is 0 Å². The van der Waals surface area contributed by atoms with Gasteiger partial charge in [0.1, 0.15) is 0 Å². The Morgan fingerprint density at radius 3 is 1.44 bits per heavy atom. The van der Waals surface area contributed by atoms with Gasteiger partial charge in [-0.15, -0.1) is 23.2 Å². The molecule has 0 aromatic rings. The predicted octanol–water partition coefficient (Wildman–Crippen LogP) is 3.67. The van der Waals surface area contributed by atoms with Gasteiger partial charge in [0, 0.05) is 0 Å². The molecule has 0 rings (SSSR count). The van der Waals surface area contributed by atoms with E-state index >= 15 is 0 Å². The van der Waals surface area contributed by atoms with Gasteiger partial charge < -0.3 is 4.57 Å². The summed E-state index contributed by atoms with van der Waals surface area (Å²) in [5.74, 6) is 0. The SMILES string of the molecule is CC(Cl)P(=O)(Cl)C(C)Cl. The predicted molar refractivity (Wildman–Crippen MR) is 44.1 cm³/mol. The quantitative estimate of drug-likeness (QED) is 0.501. The van der Waals surface area contributed by atoms with Crippen molar-refractivity contribution in [3.63, 3.8) is 0 Å². The van der Waals surface area contributed by atoms with Gasteiger partial charge in [-0.1, -0.05) is 11.2 Å². The van der Waals surface area contributed by atoms with E-state index in [-0.39, 0.29) is 0 Å². The van der Waals surface area contributed by atoms with E-state index in [1.165, 1.54) is 0 Å². The smallest absolute Gasteiger partial charge is 0.202 e. The van der Waals surface area contributed by atoms with Crippen molar-refractivity contribution in [2.75, 3.05) is 0 Å². The largest absolute Gasteiger partial charge is 0.304 e. The first kappa shape index (κ1) is 10.1. The third kappa shape index (κ3) is 2.67. The van der Waals surface area contributed by atoms with E-state index in [4.69, 9.17) is 34.4 Å². The maximum absolute atomic E-state index is 11.1. The van der Waals surface area contributed by atoms with Gasteiger partial charge in [-0.3, -0.25) is 0 Å². The molecule has 56 valence electrons. The van der Waals surface area contributed by atoms with E-state index in [1.807, 2.05) is 0 Å². The first-order valence-electron chi connectivity index (χ1n) is 2.46. The van der Waals surface area contributed by atoms with Gasteiger partial charge in [-0.25, -0.2) is 0 Å². The number of hydrogen-bond acceptors (Lipinski definition) is 1. The first-order valence-corrected chi connectivity index (χ1v) is 6.08. The molecule has 9 heavy (non-hydrogen) atoms. The molecule has 0 amide bonds. The fourth-order valence-corrected chi connectivity index (χ4v) is 2.04. The molecule has 0 N–H and O–H groups in total. The Morgan fingerprint density at radius 1 is 1.22 bits per heavy atom. The van der Waals surface area contributed by atoms with Crippen molar-refractivity contribution in [2.45, 2.75) is 24.1 Å². The number of halogens is 3. The van der Waals surface area contributed by atoms with E-state index in [9.17, 15) is 4.57 Å². The number of hydrogen-bond donors (Lipinski definition) is 0. The summed E-state index contributed by atoms with van der Waals surface area (Å²) in [6, 6.07) is 0. The van der Waals surface area contributed by atoms with Gasteiger partial charge in [0.15, 0.2) is 0 Å². The Kier molecular flexibility index (Phi) is 3.90. The zero-order chi connectivity index (χ0) is 7.65. The van der Waals surface area contributed by atoms with E-state index in [0.717, 1.165) is 0 Å². The second-order valence-electron chi connectivity index (χ2n) is 1.77. The molecule has 0 aliphatic carbocycles. The number of alkyl halides is 2. The van der Waals surface area contributed by atoms with Crippen LogP contribution in [0.3, 0.4) is 0 Å². The van der Waals surface area contributed by atoms with Crippen molar-refractivity contribution in [3.8, 4) is 0 Å². The third-order valence-electron chi connectivity index (χ3n) is 0.970. The molecule has 0 spiro atoms. The molecule has 0 aromatic carbocycles.